The first-order valence-electron chi connectivity index (χ1n) is 8.57. The van der Waals surface area contributed by atoms with Gasteiger partial charge in [0.25, 0.3) is 0 Å². The van der Waals surface area contributed by atoms with Crippen molar-refractivity contribution >= 4 is 52.2 Å². The Morgan fingerprint density at radius 3 is 2.37 bits per heavy atom. The molecule has 7 heteroatoms. The van der Waals surface area contributed by atoms with Crippen LogP contribution in [0, 0.1) is 0 Å². The number of hydrogen-bond acceptors (Lipinski definition) is 3. The molecule has 0 saturated carbocycles. The highest BCUT2D eigenvalue weighted by Crippen LogP contribution is 2.43. The van der Waals surface area contributed by atoms with Crippen molar-refractivity contribution in [1.82, 2.24) is 0 Å². The number of aliphatic carboxylic acids is 1. The van der Waals surface area contributed by atoms with Crippen molar-refractivity contribution in [1.29, 1.82) is 0 Å². The average Bonchev–Trinajstić information content (AvgIpc) is 3.07. The lowest BCUT2D eigenvalue weighted by Crippen LogP contribution is -2.45. The van der Waals surface area contributed by atoms with E-state index in [4.69, 9.17) is 34.8 Å². The van der Waals surface area contributed by atoms with Gasteiger partial charge in [-0.2, -0.15) is 5.10 Å². The van der Waals surface area contributed by atoms with Crippen molar-refractivity contribution in [2.24, 2.45) is 5.10 Å². The van der Waals surface area contributed by atoms with Crippen LogP contribution in [0.5, 0.6) is 0 Å². The van der Waals surface area contributed by atoms with Crippen molar-refractivity contribution in [3.8, 4) is 0 Å². The highest BCUT2D eigenvalue weighted by Gasteiger charge is 2.44. The smallest absolute Gasteiger partial charge is 0.352 e. The van der Waals surface area contributed by atoms with E-state index in [1.165, 1.54) is 0 Å². The van der Waals surface area contributed by atoms with Gasteiger partial charge in [0, 0.05) is 21.9 Å². The second-order valence-corrected chi connectivity index (χ2v) is 8.07. The fourth-order valence-electron chi connectivity index (χ4n) is 3.49. The second-order valence-electron chi connectivity index (χ2n) is 6.79. The Kier molecular flexibility index (Phi) is 5.71. The maximum atomic E-state index is 11.6. The third-order valence-corrected chi connectivity index (χ3v) is 6.08. The van der Waals surface area contributed by atoms with Gasteiger partial charge in [-0.25, -0.2) is 4.79 Å². The van der Waals surface area contributed by atoms with Crippen LogP contribution in [0.1, 0.15) is 32.3 Å². The zero-order valence-corrected chi connectivity index (χ0v) is 17.2. The van der Waals surface area contributed by atoms with Gasteiger partial charge in [0.05, 0.1) is 16.8 Å². The van der Waals surface area contributed by atoms with E-state index in [0.29, 0.717) is 27.2 Å². The molecule has 27 heavy (non-hydrogen) atoms. The Labute approximate surface area is 173 Å². The van der Waals surface area contributed by atoms with Crippen LogP contribution in [0.4, 0.5) is 5.69 Å². The molecule has 142 valence electrons. The molecule has 0 radical (unpaired) electrons. The number of carboxylic acids is 1. The van der Waals surface area contributed by atoms with Crippen LogP contribution in [0.25, 0.3) is 0 Å². The number of carbonyl (C=O) groups is 1. The quantitative estimate of drug-likeness (QED) is 0.636. The molecule has 1 aliphatic rings. The summed E-state index contributed by atoms with van der Waals surface area (Å²) in [5, 5.41) is 17.2. The molecule has 2 aromatic rings. The molecular weight excluding hydrogens is 407 g/mol. The van der Waals surface area contributed by atoms with Crippen LogP contribution in [-0.2, 0) is 10.2 Å². The fourth-order valence-corrected chi connectivity index (χ4v) is 4.11. The number of hydrazone groups is 1. The monoisotopic (exact) mass is 424 g/mol. The van der Waals surface area contributed by atoms with E-state index in [1.807, 2.05) is 24.3 Å². The molecule has 1 aliphatic heterocycles. The summed E-state index contributed by atoms with van der Waals surface area (Å²) in [5.74, 6) is -1.03. The van der Waals surface area contributed by atoms with E-state index in [0.717, 1.165) is 12.0 Å². The van der Waals surface area contributed by atoms with Gasteiger partial charge in [0.1, 0.15) is 5.71 Å². The predicted octanol–water partition coefficient (Wildman–Crippen LogP) is 6.03. The minimum atomic E-state index is -1.03. The van der Waals surface area contributed by atoms with Crippen molar-refractivity contribution < 1.29 is 9.90 Å². The van der Waals surface area contributed by atoms with Gasteiger partial charge in [-0.15, -0.1) is 0 Å². The number of carboxylic acid groups (broad SMARTS) is 1. The van der Waals surface area contributed by atoms with Crippen molar-refractivity contribution in [3.63, 3.8) is 0 Å². The zero-order chi connectivity index (χ0) is 19.8. The van der Waals surface area contributed by atoms with Crippen molar-refractivity contribution in [2.75, 3.05) is 5.01 Å². The summed E-state index contributed by atoms with van der Waals surface area (Å²) < 4.78 is 0. The minimum absolute atomic E-state index is 0.111. The standard InChI is InChI=1S/C20H19Cl3N2O2/c1-3-20(2,12-4-6-13(21)7-5-12)18-11-16(19(26)27)24-25(18)17-9-8-14(22)10-15(17)23/h4-10,18H,3,11H2,1-2H3,(H,26,27). The lowest BCUT2D eigenvalue weighted by atomic mass is 9.72. The predicted molar refractivity (Wildman–Crippen MR) is 112 cm³/mol. The van der Waals surface area contributed by atoms with E-state index >= 15 is 0 Å². The van der Waals surface area contributed by atoms with Crippen LogP contribution < -0.4 is 5.01 Å². The first-order valence-corrected chi connectivity index (χ1v) is 9.70. The average molecular weight is 426 g/mol. The van der Waals surface area contributed by atoms with Crippen LogP contribution >= 0.6 is 34.8 Å². The molecule has 0 saturated heterocycles. The molecule has 2 atom stereocenters. The molecule has 0 aliphatic carbocycles. The van der Waals surface area contributed by atoms with Gasteiger partial charge in [0.15, 0.2) is 0 Å². The minimum Gasteiger partial charge on any atom is -0.477 e. The number of hydrogen-bond donors (Lipinski definition) is 1. The summed E-state index contributed by atoms with van der Waals surface area (Å²) in [6.45, 7) is 4.19. The van der Waals surface area contributed by atoms with Gasteiger partial charge in [-0.05, 0) is 42.3 Å². The van der Waals surface area contributed by atoms with Crippen LogP contribution in [0.15, 0.2) is 47.6 Å². The SMILES string of the molecule is CCC(C)(c1ccc(Cl)cc1)C1CC(C(=O)O)=NN1c1ccc(Cl)cc1Cl. The maximum absolute atomic E-state index is 11.6. The van der Waals surface area contributed by atoms with Crippen LogP contribution in [-0.4, -0.2) is 22.8 Å². The summed E-state index contributed by atoms with van der Waals surface area (Å²) in [6, 6.07) is 12.6. The van der Waals surface area contributed by atoms with E-state index in [9.17, 15) is 9.90 Å². The molecule has 1 N–H and O–H groups in total. The molecule has 0 bridgehead atoms. The lowest BCUT2D eigenvalue weighted by Gasteiger charge is -2.40. The molecule has 3 rings (SSSR count). The molecule has 2 unspecified atom stereocenters. The highest BCUT2D eigenvalue weighted by molar-refractivity contribution is 6.38. The number of halogens is 3. The largest absolute Gasteiger partial charge is 0.477 e. The molecular formula is C20H19Cl3N2O2. The Hall–Kier alpha value is -1.75. The Morgan fingerprint density at radius 1 is 1.19 bits per heavy atom. The summed E-state index contributed by atoms with van der Waals surface area (Å²) >= 11 is 18.5. The third kappa shape index (κ3) is 3.79. The van der Waals surface area contributed by atoms with Gasteiger partial charge in [-0.1, -0.05) is 60.8 Å². The van der Waals surface area contributed by atoms with Gasteiger partial charge in [0.2, 0.25) is 0 Å². The summed E-state index contributed by atoms with van der Waals surface area (Å²) in [6.07, 6.45) is 1.09. The normalized spacial score (nSPS) is 18.9. The van der Waals surface area contributed by atoms with Crippen molar-refractivity contribution in [2.45, 2.75) is 38.1 Å². The zero-order valence-electron chi connectivity index (χ0n) is 14.9. The van der Waals surface area contributed by atoms with Gasteiger partial charge < -0.3 is 5.11 Å². The van der Waals surface area contributed by atoms with E-state index in [-0.39, 0.29) is 17.2 Å². The summed E-state index contributed by atoms with van der Waals surface area (Å²) in [7, 11) is 0. The topological polar surface area (TPSA) is 52.9 Å². The number of nitrogens with zero attached hydrogens (tertiary/aromatic N) is 2. The first kappa shape index (κ1) is 20.0. The van der Waals surface area contributed by atoms with Gasteiger partial charge in [-0.3, -0.25) is 5.01 Å². The Morgan fingerprint density at radius 2 is 1.81 bits per heavy atom. The van der Waals surface area contributed by atoms with E-state index in [2.05, 4.69) is 18.9 Å². The molecule has 2 aromatic carbocycles. The maximum Gasteiger partial charge on any atom is 0.352 e. The molecule has 0 fully saturated rings. The molecule has 0 aromatic heterocycles. The number of rotatable bonds is 5. The van der Waals surface area contributed by atoms with E-state index < -0.39 is 5.97 Å². The fraction of sp³-hybridized carbons (Fsp3) is 0.300. The second kappa shape index (κ2) is 7.70. The van der Waals surface area contributed by atoms with E-state index in [1.54, 1.807) is 23.2 Å². The highest BCUT2D eigenvalue weighted by atomic mass is 35.5. The lowest BCUT2D eigenvalue weighted by molar-refractivity contribution is -0.129. The number of anilines is 1. The Balaban J connectivity index is 2.10. The Bertz CT molecular complexity index is 899. The van der Waals surface area contributed by atoms with Crippen LogP contribution in [0.2, 0.25) is 15.1 Å². The molecule has 0 spiro atoms. The third-order valence-electron chi connectivity index (χ3n) is 5.29. The summed E-state index contributed by atoms with van der Waals surface area (Å²) in [5.41, 5.74) is 1.45. The van der Waals surface area contributed by atoms with Gasteiger partial charge >= 0.3 is 5.97 Å². The molecule has 4 nitrogen and oxygen atoms in total. The van der Waals surface area contributed by atoms with Crippen LogP contribution in [0.3, 0.4) is 0 Å². The molecule has 0 amide bonds. The van der Waals surface area contributed by atoms with Crippen molar-refractivity contribution in [3.05, 3.63) is 63.1 Å². The summed E-state index contributed by atoms with van der Waals surface area (Å²) in [4.78, 5) is 11.6. The number of benzene rings is 2. The first-order chi connectivity index (χ1) is 12.8. The molecule has 1 heterocycles.